The number of halogens is 3. The Hall–Kier alpha value is -3.56. The van der Waals surface area contributed by atoms with E-state index in [0.717, 1.165) is 29.8 Å². The van der Waals surface area contributed by atoms with E-state index in [4.69, 9.17) is 4.74 Å². The molecule has 0 unspecified atom stereocenters. The van der Waals surface area contributed by atoms with Gasteiger partial charge in [-0.15, -0.1) is 0 Å². The third kappa shape index (κ3) is 3.08. The number of benzene rings is 1. The molecule has 34 heavy (non-hydrogen) atoms. The summed E-state index contributed by atoms with van der Waals surface area (Å²) in [4.78, 5) is 32.2. The van der Waals surface area contributed by atoms with Crippen molar-refractivity contribution in [1.29, 1.82) is 0 Å². The zero-order valence-corrected chi connectivity index (χ0v) is 18.3. The van der Waals surface area contributed by atoms with E-state index in [2.05, 4.69) is 4.98 Å². The molecule has 6 rings (SSSR count). The van der Waals surface area contributed by atoms with E-state index in [0.29, 0.717) is 37.6 Å². The highest BCUT2D eigenvalue weighted by atomic mass is 19.4. The average molecular weight is 470 g/mol. The Bertz CT molecular complexity index is 1390. The number of aromatic nitrogens is 3. The third-order valence-electron chi connectivity index (χ3n) is 7.23. The summed E-state index contributed by atoms with van der Waals surface area (Å²) >= 11 is 0. The molecule has 0 saturated heterocycles. The number of amides is 1. The van der Waals surface area contributed by atoms with Crippen molar-refractivity contribution < 1.29 is 22.7 Å². The largest absolute Gasteiger partial charge is 0.493 e. The van der Waals surface area contributed by atoms with E-state index in [1.54, 1.807) is 34.1 Å². The Kier molecular flexibility index (Phi) is 4.31. The number of hydrogen-bond acceptors (Lipinski definition) is 4. The maximum atomic E-state index is 13.3. The van der Waals surface area contributed by atoms with E-state index >= 15 is 0 Å². The SMILES string of the molecule is Cc1cn(-c2ccc3n(c2=O)CCN(C[C@]24C[C@H]2COc2cc(C(F)(F)F)ccc24)C3=O)cn1. The second-order valence-electron chi connectivity index (χ2n) is 9.29. The predicted octanol–water partition coefficient (Wildman–Crippen LogP) is 3.17. The highest BCUT2D eigenvalue weighted by Gasteiger charge is 2.60. The summed E-state index contributed by atoms with van der Waals surface area (Å²) in [6.45, 7) is 3.24. The van der Waals surface area contributed by atoms with E-state index < -0.39 is 17.2 Å². The summed E-state index contributed by atoms with van der Waals surface area (Å²) in [6, 6.07) is 6.89. The van der Waals surface area contributed by atoms with E-state index in [-0.39, 0.29) is 23.1 Å². The number of pyridine rings is 1. The van der Waals surface area contributed by atoms with Crippen LogP contribution in [0.5, 0.6) is 5.75 Å². The predicted molar refractivity (Wildman–Crippen MR) is 115 cm³/mol. The number of rotatable bonds is 3. The lowest BCUT2D eigenvalue weighted by Crippen LogP contribution is -2.48. The molecule has 1 fully saturated rings. The number of aryl methyl sites for hydroxylation is 1. The van der Waals surface area contributed by atoms with Gasteiger partial charge in [0.1, 0.15) is 17.1 Å². The van der Waals surface area contributed by atoms with Crippen molar-refractivity contribution in [3.05, 3.63) is 75.7 Å². The maximum absolute atomic E-state index is 13.3. The van der Waals surface area contributed by atoms with Crippen LogP contribution in [0.15, 0.2) is 47.7 Å². The van der Waals surface area contributed by atoms with Crippen LogP contribution in [-0.2, 0) is 18.1 Å². The molecule has 2 aromatic heterocycles. The van der Waals surface area contributed by atoms with E-state index in [9.17, 15) is 22.8 Å². The Morgan fingerprint density at radius 1 is 1.18 bits per heavy atom. The molecule has 2 aliphatic heterocycles. The zero-order chi connectivity index (χ0) is 23.8. The van der Waals surface area contributed by atoms with Gasteiger partial charge in [-0.2, -0.15) is 13.2 Å². The molecule has 0 spiro atoms. The van der Waals surface area contributed by atoms with Crippen LogP contribution in [0.25, 0.3) is 5.69 Å². The van der Waals surface area contributed by atoms with Crippen molar-refractivity contribution in [2.75, 3.05) is 19.7 Å². The van der Waals surface area contributed by atoms with E-state index in [1.807, 2.05) is 6.92 Å². The van der Waals surface area contributed by atoms with Gasteiger partial charge in [-0.25, -0.2) is 4.98 Å². The van der Waals surface area contributed by atoms with Crippen LogP contribution in [0.1, 0.15) is 33.7 Å². The first-order valence-corrected chi connectivity index (χ1v) is 11.1. The first-order chi connectivity index (χ1) is 16.2. The van der Waals surface area contributed by atoms with Crippen molar-refractivity contribution in [3.8, 4) is 11.4 Å². The summed E-state index contributed by atoms with van der Waals surface area (Å²) in [5, 5.41) is 0. The molecule has 176 valence electrons. The summed E-state index contributed by atoms with van der Waals surface area (Å²) in [5.74, 6) is 0.141. The first-order valence-electron chi connectivity index (χ1n) is 11.1. The minimum atomic E-state index is -4.44. The highest BCUT2D eigenvalue weighted by Crippen LogP contribution is 2.60. The van der Waals surface area contributed by atoms with E-state index in [1.165, 1.54) is 10.6 Å². The molecular weight excluding hydrogens is 449 g/mol. The van der Waals surface area contributed by atoms with Crippen LogP contribution in [-0.4, -0.2) is 44.6 Å². The van der Waals surface area contributed by atoms with Crippen molar-refractivity contribution in [2.45, 2.75) is 31.5 Å². The minimum Gasteiger partial charge on any atom is -0.493 e. The van der Waals surface area contributed by atoms with Gasteiger partial charge < -0.3 is 18.8 Å². The number of imidazole rings is 1. The van der Waals surface area contributed by atoms with Gasteiger partial charge in [0.05, 0.1) is 24.2 Å². The smallest absolute Gasteiger partial charge is 0.416 e. The second kappa shape index (κ2) is 6.97. The summed E-state index contributed by atoms with van der Waals surface area (Å²) in [5.41, 5.74) is 0.813. The minimum absolute atomic E-state index is 0.153. The van der Waals surface area contributed by atoms with Crippen LogP contribution >= 0.6 is 0 Å². The van der Waals surface area contributed by atoms with Gasteiger partial charge >= 0.3 is 6.18 Å². The lowest BCUT2D eigenvalue weighted by molar-refractivity contribution is -0.137. The molecule has 1 aliphatic carbocycles. The van der Waals surface area contributed by atoms with Crippen LogP contribution in [0.2, 0.25) is 0 Å². The zero-order valence-electron chi connectivity index (χ0n) is 18.3. The molecule has 1 amide bonds. The average Bonchev–Trinajstić information content (AvgIpc) is 3.37. The molecule has 1 saturated carbocycles. The van der Waals surface area contributed by atoms with Gasteiger partial charge in [0.15, 0.2) is 0 Å². The Labute approximate surface area is 192 Å². The Morgan fingerprint density at radius 2 is 2.00 bits per heavy atom. The lowest BCUT2D eigenvalue weighted by atomic mass is 9.89. The summed E-state index contributed by atoms with van der Waals surface area (Å²) in [6.07, 6.45) is -0.379. The van der Waals surface area contributed by atoms with Crippen LogP contribution in [0.4, 0.5) is 13.2 Å². The molecule has 4 heterocycles. The number of nitrogens with zero attached hydrogens (tertiary/aromatic N) is 4. The molecule has 7 nitrogen and oxygen atoms in total. The van der Waals surface area contributed by atoms with Crippen LogP contribution < -0.4 is 10.3 Å². The van der Waals surface area contributed by atoms with Gasteiger partial charge in [0.25, 0.3) is 11.5 Å². The van der Waals surface area contributed by atoms with Gasteiger partial charge in [0.2, 0.25) is 0 Å². The quantitative estimate of drug-likeness (QED) is 0.590. The fraction of sp³-hybridized carbons (Fsp3) is 0.375. The monoisotopic (exact) mass is 470 g/mol. The highest BCUT2D eigenvalue weighted by molar-refractivity contribution is 5.93. The normalized spacial score (nSPS) is 23.1. The van der Waals surface area contributed by atoms with Crippen molar-refractivity contribution in [1.82, 2.24) is 19.0 Å². The van der Waals surface area contributed by atoms with Gasteiger partial charge in [0, 0.05) is 42.7 Å². The van der Waals surface area contributed by atoms with Crippen molar-refractivity contribution in [2.24, 2.45) is 5.92 Å². The standard InChI is InChI=1S/C24H21F3N4O3/c1-14-10-30(13-28-14)18-4-5-19-21(32)29(6-7-31(19)22(18)33)12-23-9-16(23)11-34-20-8-15(24(25,26)27)2-3-17(20)23/h2-5,8,10,13,16H,6-7,9,11-12H2,1H3/t16-,23+/m0/s1. The van der Waals surface area contributed by atoms with Gasteiger partial charge in [-0.1, -0.05) is 6.07 Å². The third-order valence-corrected chi connectivity index (χ3v) is 7.23. The molecule has 3 aliphatic rings. The van der Waals surface area contributed by atoms with Crippen LogP contribution in [0.3, 0.4) is 0 Å². The van der Waals surface area contributed by atoms with Gasteiger partial charge in [-0.05, 0) is 37.6 Å². The molecule has 1 aromatic carbocycles. The number of fused-ring (bicyclic) bond motifs is 4. The van der Waals surface area contributed by atoms with Crippen LogP contribution in [0, 0.1) is 12.8 Å². The number of hydrogen-bond donors (Lipinski definition) is 0. The molecular formula is C24H21F3N4O3. The molecule has 0 N–H and O–H groups in total. The maximum Gasteiger partial charge on any atom is 0.416 e. The summed E-state index contributed by atoms with van der Waals surface area (Å²) in [7, 11) is 0. The van der Waals surface area contributed by atoms with Crippen molar-refractivity contribution >= 4 is 5.91 Å². The number of carbonyl (C=O) groups excluding carboxylic acids is 1. The Balaban J connectivity index is 1.29. The number of ether oxygens (including phenoxy) is 1. The summed E-state index contributed by atoms with van der Waals surface area (Å²) < 4.78 is 48.2. The Morgan fingerprint density at radius 3 is 2.74 bits per heavy atom. The second-order valence-corrected chi connectivity index (χ2v) is 9.29. The molecule has 0 radical (unpaired) electrons. The van der Waals surface area contributed by atoms with Gasteiger partial charge in [-0.3, -0.25) is 9.59 Å². The first kappa shape index (κ1) is 21.0. The molecule has 10 heteroatoms. The molecule has 0 bridgehead atoms. The van der Waals surface area contributed by atoms with Crippen molar-refractivity contribution in [3.63, 3.8) is 0 Å². The lowest BCUT2D eigenvalue weighted by Gasteiger charge is -2.35. The number of alkyl halides is 3. The fourth-order valence-corrected chi connectivity index (χ4v) is 5.33. The molecule has 3 aromatic rings. The molecule has 2 atom stereocenters. The topological polar surface area (TPSA) is 69.4 Å². The number of carbonyl (C=O) groups is 1. The fourth-order valence-electron chi connectivity index (χ4n) is 5.33.